The molecule has 0 bridgehead atoms. The molecule has 2 atom stereocenters. The van der Waals surface area contributed by atoms with Crippen LogP contribution in [0.4, 0.5) is 0 Å². The Kier molecular flexibility index (Phi) is 3.37. The van der Waals surface area contributed by atoms with Crippen molar-refractivity contribution in [3.8, 4) is 0 Å². The average Bonchev–Trinajstić information content (AvgIpc) is 2.94. The Morgan fingerprint density at radius 3 is 3.00 bits per heavy atom. The highest BCUT2D eigenvalue weighted by molar-refractivity contribution is 5.96. The molecule has 0 spiro atoms. The lowest BCUT2D eigenvalue weighted by Crippen LogP contribution is -2.47. The SMILES string of the molecule is C[C@@H]1CC[C@H](C(=O)O)CN1C(=O)c1cnc2ccoc2c1. The van der Waals surface area contributed by atoms with Gasteiger partial charge in [0, 0.05) is 24.8 Å². The largest absolute Gasteiger partial charge is 0.481 e. The van der Waals surface area contributed by atoms with Gasteiger partial charge in [-0.1, -0.05) is 0 Å². The van der Waals surface area contributed by atoms with Gasteiger partial charge in [0.15, 0.2) is 5.58 Å². The van der Waals surface area contributed by atoms with Gasteiger partial charge in [-0.25, -0.2) is 0 Å². The standard InChI is InChI=1S/C15H16N2O4/c1-9-2-3-10(15(19)20)8-17(9)14(18)11-6-13-12(16-7-11)4-5-21-13/h4-7,9-10H,2-3,8H2,1H3,(H,19,20)/t9-,10+/m1/s1. The molecule has 1 fully saturated rings. The summed E-state index contributed by atoms with van der Waals surface area (Å²) in [6.45, 7) is 2.18. The van der Waals surface area contributed by atoms with Gasteiger partial charge in [0.05, 0.1) is 17.7 Å². The average molecular weight is 288 g/mol. The van der Waals surface area contributed by atoms with Crippen molar-refractivity contribution < 1.29 is 19.1 Å². The minimum Gasteiger partial charge on any atom is -0.481 e. The first-order chi connectivity index (χ1) is 10.1. The smallest absolute Gasteiger partial charge is 0.308 e. The Balaban J connectivity index is 1.86. The second-order valence-electron chi connectivity index (χ2n) is 5.45. The normalized spacial score (nSPS) is 22.4. The van der Waals surface area contributed by atoms with Gasteiger partial charge in [0.1, 0.15) is 5.52 Å². The molecule has 1 aliphatic heterocycles. The zero-order chi connectivity index (χ0) is 15.0. The molecule has 6 heteroatoms. The van der Waals surface area contributed by atoms with Crippen LogP contribution in [0.3, 0.4) is 0 Å². The molecule has 0 aliphatic carbocycles. The first-order valence-electron chi connectivity index (χ1n) is 6.93. The van der Waals surface area contributed by atoms with Crippen molar-refractivity contribution >= 4 is 23.0 Å². The van der Waals surface area contributed by atoms with Crippen LogP contribution in [0.1, 0.15) is 30.1 Å². The number of carbonyl (C=O) groups excluding carboxylic acids is 1. The first-order valence-corrected chi connectivity index (χ1v) is 6.93. The van der Waals surface area contributed by atoms with E-state index in [1.807, 2.05) is 6.92 Å². The number of carboxylic acid groups (broad SMARTS) is 1. The molecule has 110 valence electrons. The quantitative estimate of drug-likeness (QED) is 0.915. The van der Waals surface area contributed by atoms with Crippen molar-refractivity contribution in [1.82, 2.24) is 9.88 Å². The summed E-state index contributed by atoms with van der Waals surface area (Å²) in [6.07, 6.45) is 4.34. The predicted octanol–water partition coefficient (Wildman–Crippen LogP) is 2.15. The molecule has 1 amide bonds. The topological polar surface area (TPSA) is 83.6 Å². The van der Waals surface area contributed by atoms with Gasteiger partial charge >= 0.3 is 5.97 Å². The van der Waals surface area contributed by atoms with Crippen molar-refractivity contribution in [3.05, 3.63) is 30.2 Å². The molecule has 3 heterocycles. The zero-order valence-corrected chi connectivity index (χ0v) is 11.7. The van der Waals surface area contributed by atoms with Gasteiger partial charge in [0.25, 0.3) is 5.91 Å². The number of carboxylic acids is 1. The molecule has 2 aromatic rings. The Labute approximate surface area is 121 Å². The van der Waals surface area contributed by atoms with Crippen molar-refractivity contribution in [3.63, 3.8) is 0 Å². The number of carbonyl (C=O) groups is 2. The van der Waals surface area contributed by atoms with Crippen LogP contribution >= 0.6 is 0 Å². The van der Waals surface area contributed by atoms with Crippen LogP contribution in [0.25, 0.3) is 11.1 Å². The summed E-state index contributed by atoms with van der Waals surface area (Å²) in [7, 11) is 0. The Hall–Kier alpha value is -2.37. The van der Waals surface area contributed by atoms with E-state index in [-0.39, 0.29) is 18.5 Å². The van der Waals surface area contributed by atoms with Crippen LogP contribution in [0.2, 0.25) is 0 Å². The molecule has 0 radical (unpaired) electrons. The highest BCUT2D eigenvalue weighted by Gasteiger charge is 2.33. The predicted molar refractivity (Wildman–Crippen MR) is 74.9 cm³/mol. The summed E-state index contributed by atoms with van der Waals surface area (Å²) >= 11 is 0. The lowest BCUT2D eigenvalue weighted by atomic mass is 9.93. The summed E-state index contributed by atoms with van der Waals surface area (Å²) < 4.78 is 5.25. The van der Waals surface area contributed by atoms with Gasteiger partial charge in [-0.3, -0.25) is 14.6 Å². The molecule has 0 saturated carbocycles. The van der Waals surface area contributed by atoms with Crippen LogP contribution in [-0.4, -0.2) is 39.5 Å². The number of hydrogen-bond acceptors (Lipinski definition) is 4. The molecule has 1 aliphatic rings. The minimum atomic E-state index is -0.848. The molecule has 21 heavy (non-hydrogen) atoms. The summed E-state index contributed by atoms with van der Waals surface area (Å²) in [5.74, 6) is -1.54. The number of aromatic nitrogens is 1. The summed E-state index contributed by atoms with van der Waals surface area (Å²) in [5.41, 5.74) is 1.68. The van der Waals surface area contributed by atoms with E-state index in [9.17, 15) is 9.59 Å². The fourth-order valence-electron chi connectivity index (χ4n) is 2.72. The molecule has 6 nitrogen and oxygen atoms in total. The van der Waals surface area contributed by atoms with E-state index in [0.717, 1.165) is 0 Å². The maximum Gasteiger partial charge on any atom is 0.308 e. The molecule has 1 saturated heterocycles. The van der Waals surface area contributed by atoms with Gasteiger partial charge in [-0.15, -0.1) is 0 Å². The molecular formula is C15H16N2O4. The van der Waals surface area contributed by atoms with E-state index in [4.69, 9.17) is 9.52 Å². The molecule has 3 rings (SSSR count). The van der Waals surface area contributed by atoms with E-state index in [1.54, 1.807) is 17.0 Å². The monoisotopic (exact) mass is 288 g/mol. The molecule has 0 unspecified atom stereocenters. The van der Waals surface area contributed by atoms with Crippen molar-refractivity contribution in [2.45, 2.75) is 25.8 Å². The van der Waals surface area contributed by atoms with Gasteiger partial charge < -0.3 is 14.4 Å². The molecular weight excluding hydrogens is 272 g/mol. The van der Waals surface area contributed by atoms with Crippen LogP contribution in [0.15, 0.2) is 29.0 Å². The van der Waals surface area contributed by atoms with Gasteiger partial charge in [-0.05, 0) is 25.8 Å². The second-order valence-corrected chi connectivity index (χ2v) is 5.45. The maximum absolute atomic E-state index is 12.6. The highest BCUT2D eigenvalue weighted by atomic mass is 16.4. The van der Waals surface area contributed by atoms with Crippen LogP contribution in [0.5, 0.6) is 0 Å². The third-order valence-electron chi connectivity index (χ3n) is 4.04. The van der Waals surface area contributed by atoms with E-state index in [2.05, 4.69) is 4.98 Å². The van der Waals surface area contributed by atoms with Crippen molar-refractivity contribution in [1.29, 1.82) is 0 Å². The summed E-state index contributed by atoms with van der Waals surface area (Å²) in [6, 6.07) is 3.41. The maximum atomic E-state index is 12.6. The number of fused-ring (bicyclic) bond motifs is 1. The van der Waals surface area contributed by atoms with Crippen molar-refractivity contribution in [2.24, 2.45) is 5.92 Å². The highest BCUT2D eigenvalue weighted by Crippen LogP contribution is 2.24. The summed E-state index contributed by atoms with van der Waals surface area (Å²) in [4.78, 5) is 29.5. The lowest BCUT2D eigenvalue weighted by molar-refractivity contribution is -0.143. The number of furan rings is 1. The third-order valence-corrected chi connectivity index (χ3v) is 4.04. The fourth-order valence-corrected chi connectivity index (χ4v) is 2.72. The van der Waals surface area contributed by atoms with E-state index in [1.165, 1.54) is 12.5 Å². The Morgan fingerprint density at radius 1 is 1.43 bits per heavy atom. The second kappa shape index (κ2) is 5.20. The Morgan fingerprint density at radius 2 is 2.24 bits per heavy atom. The number of aliphatic carboxylic acids is 1. The van der Waals surface area contributed by atoms with Gasteiger partial charge in [0.2, 0.25) is 0 Å². The fraction of sp³-hybridized carbons (Fsp3) is 0.400. The van der Waals surface area contributed by atoms with E-state index >= 15 is 0 Å². The van der Waals surface area contributed by atoms with Crippen LogP contribution in [-0.2, 0) is 4.79 Å². The molecule has 0 aromatic carbocycles. The lowest BCUT2D eigenvalue weighted by Gasteiger charge is -2.36. The zero-order valence-electron chi connectivity index (χ0n) is 11.7. The Bertz CT molecular complexity index is 694. The number of amides is 1. The van der Waals surface area contributed by atoms with Crippen molar-refractivity contribution in [2.75, 3.05) is 6.54 Å². The molecule has 1 N–H and O–H groups in total. The number of piperidine rings is 1. The van der Waals surface area contributed by atoms with Crippen LogP contribution in [0, 0.1) is 5.92 Å². The van der Waals surface area contributed by atoms with E-state index < -0.39 is 11.9 Å². The third kappa shape index (κ3) is 2.49. The van der Waals surface area contributed by atoms with E-state index in [0.29, 0.717) is 29.5 Å². The van der Waals surface area contributed by atoms with Gasteiger partial charge in [-0.2, -0.15) is 0 Å². The summed E-state index contributed by atoms with van der Waals surface area (Å²) in [5, 5.41) is 9.14. The number of pyridine rings is 1. The van der Waals surface area contributed by atoms with Crippen LogP contribution < -0.4 is 0 Å². The number of hydrogen-bond donors (Lipinski definition) is 1. The molecule has 2 aromatic heterocycles. The number of likely N-dealkylation sites (tertiary alicyclic amines) is 1. The number of nitrogens with zero attached hydrogens (tertiary/aromatic N) is 2. The minimum absolute atomic E-state index is 0.0281. The number of rotatable bonds is 2. The first kappa shape index (κ1) is 13.6.